The summed E-state index contributed by atoms with van der Waals surface area (Å²) in [7, 11) is 0. The van der Waals surface area contributed by atoms with Crippen LogP contribution in [0.3, 0.4) is 0 Å². The molecule has 0 spiro atoms. The molecule has 0 bridgehead atoms. The maximum Gasteiger partial charge on any atom is 0.288 e. The zero-order valence-electron chi connectivity index (χ0n) is 10.5. The second-order valence-electron chi connectivity index (χ2n) is 4.32. The van der Waals surface area contributed by atoms with E-state index in [4.69, 9.17) is 21.4 Å². The molecule has 2 rings (SSSR count). The van der Waals surface area contributed by atoms with Gasteiger partial charge in [-0.15, -0.1) is 0 Å². The van der Waals surface area contributed by atoms with E-state index in [1.807, 2.05) is 0 Å². The fourth-order valence-electron chi connectivity index (χ4n) is 2.01. The molecule has 1 amide bonds. The van der Waals surface area contributed by atoms with Crippen LogP contribution in [-0.2, 0) is 4.74 Å². The maximum atomic E-state index is 12.3. The molecule has 8 heteroatoms. The largest absolute Gasteiger partial charge is 0.394 e. The first kappa shape index (κ1) is 14.7. The van der Waals surface area contributed by atoms with Crippen molar-refractivity contribution in [2.24, 2.45) is 0 Å². The summed E-state index contributed by atoms with van der Waals surface area (Å²) in [4.78, 5) is 24.0. The summed E-state index contributed by atoms with van der Waals surface area (Å²) in [5, 5.41) is 19.7. The summed E-state index contributed by atoms with van der Waals surface area (Å²) in [6.07, 6.45) is -0.440. The lowest BCUT2D eigenvalue weighted by molar-refractivity contribution is -0.384. The van der Waals surface area contributed by atoms with Gasteiger partial charge in [0, 0.05) is 19.2 Å². The lowest BCUT2D eigenvalue weighted by atomic mass is 10.1. The molecule has 1 unspecified atom stereocenters. The second kappa shape index (κ2) is 6.17. The smallest absolute Gasteiger partial charge is 0.288 e. The Morgan fingerprint density at radius 2 is 2.35 bits per heavy atom. The molecule has 108 valence electrons. The van der Waals surface area contributed by atoms with Gasteiger partial charge in [-0.3, -0.25) is 14.9 Å². The third-order valence-corrected chi connectivity index (χ3v) is 3.43. The Morgan fingerprint density at radius 1 is 1.60 bits per heavy atom. The summed E-state index contributed by atoms with van der Waals surface area (Å²) in [6, 6.07) is 4.11. The SMILES string of the molecule is O=C(c1cccc([N+](=O)[O-])c1Cl)N1CCOC(CO)C1. The highest BCUT2D eigenvalue weighted by atomic mass is 35.5. The molecule has 1 saturated heterocycles. The second-order valence-corrected chi connectivity index (χ2v) is 4.70. The molecule has 1 aromatic carbocycles. The first-order valence-electron chi connectivity index (χ1n) is 5.99. The summed E-state index contributed by atoms with van der Waals surface area (Å²) >= 11 is 5.92. The van der Waals surface area contributed by atoms with Gasteiger partial charge in [-0.05, 0) is 6.07 Å². The molecular formula is C12H13ClN2O5. The third-order valence-electron chi connectivity index (χ3n) is 3.04. The van der Waals surface area contributed by atoms with E-state index in [9.17, 15) is 14.9 Å². The van der Waals surface area contributed by atoms with Crippen LogP contribution in [0.2, 0.25) is 5.02 Å². The minimum atomic E-state index is -0.630. The van der Waals surface area contributed by atoms with Crippen LogP contribution >= 0.6 is 11.6 Å². The molecule has 1 aliphatic heterocycles. The van der Waals surface area contributed by atoms with E-state index in [0.29, 0.717) is 13.2 Å². The Labute approximate surface area is 119 Å². The van der Waals surface area contributed by atoms with Crippen molar-refractivity contribution in [3.63, 3.8) is 0 Å². The minimum Gasteiger partial charge on any atom is -0.394 e. The molecule has 0 saturated carbocycles. The highest BCUT2D eigenvalue weighted by Gasteiger charge is 2.28. The van der Waals surface area contributed by atoms with Gasteiger partial charge >= 0.3 is 0 Å². The molecule has 0 aliphatic carbocycles. The van der Waals surface area contributed by atoms with E-state index in [0.717, 1.165) is 0 Å². The number of benzene rings is 1. The Kier molecular flexibility index (Phi) is 4.53. The number of halogens is 1. The van der Waals surface area contributed by atoms with Crippen LogP contribution in [0.25, 0.3) is 0 Å². The Morgan fingerprint density at radius 3 is 3.00 bits per heavy atom. The first-order chi connectivity index (χ1) is 9.54. The van der Waals surface area contributed by atoms with Crippen molar-refractivity contribution >= 4 is 23.2 Å². The molecule has 1 fully saturated rings. The van der Waals surface area contributed by atoms with Crippen molar-refractivity contribution in [1.82, 2.24) is 4.90 Å². The van der Waals surface area contributed by atoms with Crippen LogP contribution in [-0.4, -0.2) is 53.2 Å². The van der Waals surface area contributed by atoms with Crippen LogP contribution in [0.15, 0.2) is 18.2 Å². The first-order valence-corrected chi connectivity index (χ1v) is 6.37. The number of aliphatic hydroxyl groups is 1. The Bertz CT molecular complexity index is 537. The normalized spacial score (nSPS) is 18.9. The number of carbonyl (C=O) groups is 1. The lowest BCUT2D eigenvalue weighted by Crippen LogP contribution is -2.47. The van der Waals surface area contributed by atoms with Gasteiger partial charge in [-0.1, -0.05) is 17.7 Å². The quantitative estimate of drug-likeness (QED) is 0.666. The van der Waals surface area contributed by atoms with E-state index in [2.05, 4.69) is 0 Å². The molecule has 0 radical (unpaired) electrons. The Hall–Kier alpha value is -1.70. The van der Waals surface area contributed by atoms with E-state index >= 15 is 0 Å². The topological polar surface area (TPSA) is 92.9 Å². The van der Waals surface area contributed by atoms with Gasteiger partial charge in [0.05, 0.1) is 29.8 Å². The number of morpholine rings is 1. The van der Waals surface area contributed by atoms with E-state index in [1.54, 1.807) is 0 Å². The number of aliphatic hydroxyl groups excluding tert-OH is 1. The van der Waals surface area contributed by atoms with Crippen molar-refractivity contribution in [3.8, 4) is 0 Å². The molecule has 1 N–H and O–H groups in total. The zero-order chi connectivity index (χ0) is 14.7. The minimum absolute atomic E-state index is 0.0828. The number of ether oxygens (including phenoxy) is 1. The predicted molar refractivity (Wildman–Crippen MR) is 70.8 cm³/mol. The van der Waals surface area contributed by atoms with Crippen molar-refractivity contribution < 1.29 is 19.6 Å². The summed E-state index contributed by atoms with van der Waals surface area (Å²) in [6.45, 7) is 0.707. The summed E-state index contributed by atoms with van der Waals surface area (Å²) in [5.74, 6) is -0.402. The molecule has 7 nitrogen and oxygen atoms in total. The number of amides is 1. The van der Waals surface area contributed by atoms with Crippen LogP contribution in [0, 0.1) is 10.1 Å². The number of nitro benzene ring substituents is 1. The highest BCUT2D eigenvalue weighted by Crippen LogP contribution is 2.28. The van der Waals surface area contributed by atoms with Crippen molar-refractivity contribution in [1.29, 1.82) is 0 Å². The summed E-state index contributed by atoms with van der Waals surface area (Å²) < 4.78 is 5.25. The van der Waals surface area contributed by atoms with Gasteiger partial charge < -0.3 is 14.7 Å². The van der Waals surface area contributed by atoms with Crippen LogP contribution in [0.1, 0.15) is 10.4 Å². The number of nitrogens with zero attached hydrogens (tertiary/aromatic N) is 2. The number of nitro groups is 1. The molecule has 20 heavy (non-hydrogen) atoms. The van der Waals surface area contributed by atoms with Gasteiger partial charge in [-0.2, -0.15) is 0 Å². The van der Waals surface area contributed by atoms with E-state index < -0.39 is 16.9 Å². The van der Waals surface area contributed by atoms with Gasteiger partial charge in [0.1, 0.15) is 5.02 Å². The van der Waals surface area contributed by atoms with Crippen molar-refractivity contribution in [3.05, 3.63) is 38.9 Å². The molecule has 1 aliphatic rings. The maximum absolute atomic E-state index is 12.3. The molecule has 1 heterocycles. The van der Waals surface area contributed by atoms with Crippen LogP contribution in [0.5, 0.6) is 0 Å². The lowest BCUT2D eigenvalue weighted by Gasteiger charge is -2.32. The van der Waals surface area contributed by atoms with Gasteiger partial charge in [-0.25, -0.2) is 0 Å². The standard InChI is InChI=1S/C12H13ClN2O5/c13-11-9(2-1-3-10(11)15(18)19)12(17)14-4-5-20-8(6-14)7-16/h1-3,8,16H,4-7H2. The average Bonchev–Trinajstić information content (AvgIpc) is 2.46. The molecule has 1 atom stereocenters. The number of hydrogen-bond acceptors (Lipinski definition) is 5. The van der Waals surface area contributed by atoms with Crippen molar-refractivity contribution in [2.45, 2.75) is 6.10 Å². The van der Waals surface area contributed by atoms with E-state index in [1.165, 1.54) is 23.1 Å². The summed E-state index contributed by atoms with van der Waals surface area (Å²) in [5.41, 5.74) is -0.219. The molecule has 0 aromatic heterocycles. The monoisotopic (exact) mass is 300 g/mol. The number of carbonyl (C=O) groups excluding carboxylic acids is 1. The molecular weight excluding hydrogens is 288 g/mol. The molecule has 1 aromatic rings. The third kappa shape index (κ3) is 2.90. The number of rotatable bonds is 3. The van der Waals surface area contributed by atoms with Crippen LogP contribution in [0.4, 0.5) is 5.69 Å². The number of hydrogen-bond donors (Lipinski definition) is 1. The van der Waals surface area contributed by atoms with Crippen LogP contribution < -0.4 is 0 Å². The highest BCUT2D eigenvalue weighted by molar-refractivity contribution is 6.35. The van der Waals surface area contributed by atoms with Gasteiger partial charge in [0.15, 0.2) is 0 Å². The van der Waals surface area contributed by atoms with Gasteiger partial charge in [0.2, 0.25) is 0 Å². The average molecular weight is 301 g/mol. The fraction of sp³-hybridized carbons (Fsp3) is 0.417. The van der Waals surface area contributed by atoms with Gasteiger partial charge in [0.25, 0.3) is 11.6 Å². The Balaban J connectivity index is 2.25. The van der Waals surface area contributed by atoms with Crippen molar-refractivity contribution in [2.75, 3.05) is 26.3 Å². The van der Waals surface area contributed by atoms with E-state index in [-0.39, 0.29) is 29.4 Å². The predicted octanol–water partition coefficient (Wildman–Crippen LogP) is 1.08. The fourth-order valence-corrected chi connectivity index (χ4v) is 2.29. The zero-order valence-corrected chi connectivity index (χ0v) is 11.2.